The normalized spacial score (nSPS) is 31.2. The standard InChI is InChI=1S/C18H26ClN3O2S/c1-2-20-17(21-10-12(23)13-4-5-14(19)25-13)22-15-11-6-9-24-16(11)18(15)7-3-8-18/h4-5,11-12,15-16,23H,2-3,6-10H2,1H3,(H2,20,21,22). The SMILES string of the molecule is CCNC(=NCC(O)c1ccc(Cl)s1)NC1C2CCOC2C12CCC2. The van der Waals surface area contributed by atoms with Gasteiger partial charge in [0, 0.05) is 35.4 Å². The van der Waals surface area contributed by atoms with Crippen LogP contribution in [0.15, 0.2) is 17.1 Å². The number of hydrogen-bond acceptors (Lipinski definition) is 4. The summed E-state index contributed by atoms with van der Waals surface area (Å²) >= 11 is 7.36. The molecule has 1 aromatic rings. The van der Waals surface area contributed by atoms with E-state index in [2.05, 4.69) is 22.5 Å². The summed E-state index contributed by atoms with van der Waals surface area (Å²) in [6, 6.07) is 4.12. The summed E-state index contributed by atoms with van der Waals surface area (Å²) in [6.07, 6.45) is 4.77. The zero-order valence-electron chi connectivity index (χ0n) is 14.5. The third-order valence-electron chi connectivity index (χ3n) is 6.02. The molecule has 4 unspecified atom stereocenters. The van der Waals surface area contributed by atoms with Gasteiger partial charge in [0.15, 0.2) is 5.96 Å². The molecule has 25 heavy (non-hydrogen) atoms. The Balaban J connectivity index is 1.42. The van der Waals surface area contributed by atoms with Gasteiger partial charge in [0.1, 0.15) is 6.10 Å². The van der Waals surface area contributed by atoms with E-state index in [4.69, 9.17) is 16.3 Å². The Bertz CT molecular complexity index is 646. The van der Waals surface area contributed by atoms with Gasteiger partial charge in [-0.2, -0.15) is 0 Å². The largest absolute Gasteiger partial charge is 0.386 e. The van der Waals surface area contributed by atoms with Gasteiger partial charge in [-0.05, 0) is 38.3 Å². The fraction of sp³-hybridized carbons (Fsp3) is 0.722. The Morgan fingerprint density at radius 1 is 1.52 bits per heavy atom. The average molecular weight is 384 g/mol. The maximum absolute atomic E-state index is 10.3. The van der Waals surface area contributed by atoms with E-state index in [0.29, 0.717) is 34.4 Å². The van der Waals surface area contributed by atoms with Gasteiger partial charge in [0.05, 0.1) is 17.0 Å². The molecule has 0 bridgehead atoms. The first kappa shape index (κ1) is 17.6. The molecular weight excluding hydrogens is 358 g/mol. The first-order valence-corrected chi connectivity index (χ1v) is 10.4. The van der Waals surface area contributed by atoms with Gasteiger partial charge in [0.2, 0.25) is 0 Å². The first-order chi connectivity index (χ1) is 12.1. The van der Waals surface area contributed by atoms with Gasteiger partial charge in [-0.1, -0.05) is 18.0 Å². The molecule has 4 atom stereocenters. The maximum atomic E-state index is 10.3. The van der Waals surface area contributed by atoms with Crippen molar-refractivity contribution in [2.75, 3.05) is 19.7 Å². The van der Waals surface area contributed by atoms with Crippen LogP contribution in [-0.4, -0.2) is 42.9 Å². The van der Waals surface area contributed by atoms with Crippen LogP contribution in [0.25, 0.3) is 0 Å². The molecule has 1 aliphatic heterocycles. The zero-order valence-corrected chi connectivity index (χ0v) is 16.1. The second-order valence-corrected chi connectivity index (χ2v) is 9.08. The summed E-state index contributed by atoms with van der Waals surface area (Å²) in [4.78, 5) is 5.48. The summed E-state index contributed by atoms with van der Waals surface area (Å²) < 4.78 is 6.68. The van der Waals surface area contributed by atoms with Crippen molar-refractivity contribution in [2.24, 2.45) is 16.3 Å². The van der Waals surface area contributed by atoms with Crippen LogP contribution in [0.2, 0.25) is 4.34 Å². The van der Waals surface area contributed by atoms with Crippen molar-refractivity contribution in [1.82, 2.24) is 10.6 Å². The van der Waals surface area contributed by atoms with Gasteiger partial charge in [-0.3, -0.25) is 4.99 Å². The highest BCUT2D eigenvalue weighted by atomic mass is 35.5. The summed E-state index contributed by atoms with van der Waals surface area (Å²) in [5.74, 6) is 1.40. The molecule has 3 aliphatic rings. The number of guanidine groups is 1. The van der Waals surface area contributed by atoms with E-state index < -0.39 is 6.10 Å². The van der Waals surface area contributed by atoms with Gasteiger partial charge in [0.25, 0.3) is 0 Å². The van der Waals surface area contributed by atoms with Gasteiger partial charge in [-0.25, -0.2) is 0 Å². The number of rotatable bonds is 5. The van der Waals surface area contributed by atoms with Crippen LogP contribution < -0.4 is 10.6 Å². The summed E-state index contributed by atoms with van der Waals surface area (Å²) in [7, 11) is 0. The number of aliphatic hydroxyl groups excluding tert-OH is 1. The smallest absolute Gasteiger partial charge is 0.191 e. The van der Waals surface area contributed by atoms with E-state index in [1.54, 1.807) is 0 Å². The minimum absolute atomic E-state index is 0.317. The number of aliphatic hydroxyl groups is 1. The van der Waals surface area contributed by atoms with Crippen molar-refractivity contribution in [3.05, 3.63) is 21.3 Å². The number of nitrogens with one attached hydrogen (secondary N) is 2. The Kier molecular flexibility index (Phi) is 4.97. The number of thiophene rings is 1. The number of hydrogen-bond donors (Lipinski definition) is 3. The number of halogens is 1. The second-order valence-electron chi connectivity index (χ2n) is 7.33. The van der Waals surface area contributed by atoms with Crippen molar-refractivity contribution in [3.63, 3.8) is 0 Å². The quantitative estimate of drug-likeness (QED) is 0.540. The Hall–Kier alpha value is -0.820. The van der Waals surface area contributed by atoms with Crippen molar-refractivity contribution in [1.29, 1.82) is 0 Å². The summed E-state index contributed by atoms with van der Waals surface area (Å²) in [6.45, 7) is 4.09. The highest BCUT2D eigenvalue weighted by Crippen LogP contribution is 2.62. The Labute approximate surface area is 157 Å². The predicted octanol–water partition coefficient (Wildman–Crippen LogP) is 2.95. The van der Waals surface area contributed by atoms with Crippen molar-refractivity contribution >= 4 is 28.9 Å². The molecule has 3 N–H and O–H groups in total. The van der Waals surface area contributed by atoms with Crippen LogP contribution in [0.3, 0.4) is 0 Å². The first-order valence-electron chi connectivity index (χ1n) is 9.24. The minimum Gasteiger partial charge on any atom is -0.386 e. The van der Waals surface area contributed by atoms with Gasteiger partial charge >= 0.3 is 0 Å². The molecule has 0 amide bonds. The number of nitrogens with zero attached hydrogens (tertiary/aromatic N) is 1. The van der Waals surface area contributed by atoms with Gasteiger partial charge < -0.3 is 20.5 Å². The highest BCUT2D eigenvalue weighted by Gasteiger charge is 2.66. The van der Waals surface area contributed by atoms with E-state index in [1.165, 1.54) is 30.6 Å². The van der Waals surface area contributed by atoms with Crippen LogP contribution in [0.4, 0.5) is 0 Å². The molecule has 0 aromatic carbocycles. The molecule has 2 aliphatic carbocycles. The molecule has 1 saturated heterocycles. The lowest BCUT2D eigenvalue weighted by Crippen LogP contribution is -2.72. The zero-order chi connectivity index (χ0) is 17.4. The molecule has 138 valence electrons. The third-order valence-corrected chi connectivity index (χ3v) is 7.35. The highest BCUT2D eigenvalue weighted by molar-refractivity contribution is 7.16. The number of ether oxygens (including phenoxy) is 1. The lowest BCUT2D eigenvalue weighted by molar-refractivity contribution is -0.171. The van der Waals surface area contributed by atoms with Crippen molar-refractivity contribution in [2.45, 2.75) is 50.9 Å². The lowest BCUT2D eigenvalue weighted by Gasteiger charge is -2.63. The fourth-order valence-electron chi connectivity index (χ4n) is 4.70. The van der Waals surface area contributed by atoms with Crippen molar-refractivity contribution < 1.29 is 9.84 Å². The van der Waals surface area contributed by atoms with Crippen LogP contribution in [0, 0.1) is 11.3 Å². The second kappa shape index (κ2) is 7.06. The molecule has 0 radical (unpaired) electrons. The van der Waals surface area contributed by atoms with Crippen LogP contribution in [0.5, 0.6) is 0 Å². The fourth-order valence-corrected chi connectivity index (χ4v) is 5.74. The summed E-state index contributed by atoms with van der Waals surface area (Å²) in [5.41, 5.74) is 0.317. The molecule has 4 rings (SSSR count). The topological polar surface area (TPSA) is 65.9 Å². The lowest BCUT2D eigenvalue weighted by atomic mass is 9.46. The van der Waals surface area contributed by atoms with E-state index in [-0.39, 0.29) is 0 Å². The van der Waals surface area contributed by atoms with Crippen molar-refractivity contribution in [3.8, 4) is 0 Å². The molecule has 1 aromatic heterocycles. The number of fused-ring (bicyclic) bond motifs is 2. The van der Waals surface area contributed by atoms with E-state index in [1.807, 2.05) is 12.1 Å². The van der Waals surface area contributed by atoms with Crippen LogP contribution >= 0.6 is 22.9 Å². The van der Waals surface area contributed by atoms with Crippen LogP contribution in [0.1, 0.15) is 43.6 Å². The van der Waals surface area contributed by atoms with Crippen LogP contribution in [-0.2, 0) is 4.74 Å². The molecule has 3 fully saturated rings. The molecule has 7 heteroatoms. The predicted molar refractivity (Wildman–Crippen MR) is 101 cm³/mol. The molecule has 1 spiro atoms. The molecule has 2 heterocycles. The van der Waals surface area contributed by atoms with Gasteiger partial charge in [-0.15, -0.1) is 11.3 Å². The molecular formula is C18H26ClN3O2S. The minimum atomic E-state index is -0.616. The molecule has 5 nitrogen and oxygen atoms in total. The Morgan fingerprint density at radius 3 is 3.00 bits per heavy atom. The molecule has 2 saturated carbocycles. The maximum Gasteiger partial charge on any atom is 0.191 e. The average Bonchev–Trinajstić information content (AvgIpc) is 3.16. The monoisotopic (exact) mass is 383 g/mol. The van der Waals surface area contributed by atoms with E-state index in [9.17, 15) is 5.11 Å². The summed E-state index contributed by atoms with van der Waals surface area (Å²) in [5, 5.41) is 17.3. The third kappa shape index (κ3) is 3.07. The van der Waals surface area contributed by atoms with E-state index in [0.717, 1.165) is 30.4 Å². The number of aliphatic imine (C=N–C) groups is 1. The Morgan fingerprint density at radius 2 is 2.36 bits per heavy atom. The van der Waals surface area contributed by atoms with E-state index >= 15 is 0 Å².